The van der Waals surface area contributed by atoms with E-state index in [4.69, 9.17) is 9.72 Å². The number of methoxy groups -OCH3 is 1. The highest BCUT2D eigenvalue weighted by Crippen LogP contribution is 2.31. The first kappa shape index (κ1) is 17.7. The Kier molecular flexibility index (Phi) is 5.45. The molecule has 3 aromatic rings. The fraction of sp³-hybridized carbons (Fsp3) is 0.304. The van der Waals surface area contributed by atoms with Crippen molar-refractivity contribution in [3.63, 3.8) is 0 Å². The number of hydrogen-bond donors (Lipinski definition) is 0. The van der Waals surface area contributed by atoms with Crippen LogP contribution in [0.3, 0.4) is 0 Å². The van der Waals surface area contributed by atoms with Crippen LogP contribution in [0.4, 0.5) is 0 Å². The summed E-state index contributed by atoms with van der Waals surface area (Å²) < 4.78 is 5.52. The molecule has 1 aliphatic rings. The Bertz CT molecular complexity index is 882. The molecule has 0 saturated carbocycles. The van der Waals surface area contributed by atoms with Gasteiger partial charge in [0.2, 0.25) is 0 Å². The van der Waals surface area contributed by atoms with Crippen LogP contribution < -0.4 is 4.74 Å². The summed E-state index contributed by atoms with van der Waals surface area (Å²) in [6.07, 6.45) is 6.13. The number of nitrogens with zero attached hydrogens (tertiary/aromatic N) is 3. The summed E-state index contributed by atoms with van der Waals surface area (Å²) in [6.45, 7) is 3.17. The molecule has 3 heterocycles. The van der Waals surface area contributed by atoms with Gasteiger partial charge in [0, 0.05) is 42.7 Å². The van der Waals surface area contributed by atoms with E-state index in [1.54, 1.807) is 7.11 Å². The summed E-state index contributed by atoms with van der Waals surface area (Å²) in [4.78, 5) is 11.6. The summed E-state index contributed by atoms with van der Waals surface area (Å²) in [5.41, 5.74) is 4.53. The predicted octanol–water partition coefficient (Wildman–Crippen LogP) is 4.53. The van der Waals surface area contributed by atoms with Crippen LogP contribution in [0.1, 0.15) is 30.0 Å². The fourth-order valence-electron chi connectivity index (χ4n) is 3.87. The second-order valence-corrected chi connectivity index (χ2v) is 7.08. The first-order chi connectivity index (χ1) is 13.3. The van der Waals surface area contributed by atoms with Crippen molar-refractivity contribution in [1.82, 2.24) is 14.9 Å². The lowest BCUT2D eigenvalue weighted by Crippen LogP contribution is -2.34. The molecule has 1 saturated heterocycles. The van der Waals surface area contributed by atoms with Gasteiger partial charge in [-0.15, -0.1) is 0 Å². The number of aromatic nitrogens is 2. The van der Waals surface area contributed by atoms with Crippen LogP contribution in [0.2, 0.25) is 0 Å². The van der Waals surface area contributed by atoms with Crippen molar-refractivity contribution in [3.8, 4) is 17.0 Å². The Hall–Kier alpha value is -2.72. The van der Waals surface area contributed by atoms with Crippen molar-refractivity contribution in [2.45, 2.75) is 25.3 Å². The van der Waals surface area contributed by atoms with Gasteiger partial charge in [0.05, 0.1) is 12.8 Å². The molecule has 0 N–H and O–H groups in total. The zero-order valence-corrected chi connectivity index (χ0v) is 15.7. The lowest BCUT2D eigenvalue weighted by Gasteiger charge is -2.32. The van der Waals surface area contributed by atoms with E-state index in [2.05, 4.69) is 46.3 Å². The highest BCUT2D eigenvalue weighted by Gasteiger charge is 2.23. The van der Waals surface area contributed by atoms with E-state index in [0.29, 0.717) is 5.92 Å². The molecule has 2 aromatic heterocycles. The van der Waals surface area contributed by atoms with Crippen molar-refractivity contribution in [1.29, 1.82) is 0 Å². The molecule has 1 atom stereocenters. The van der Waals surface area contributed by atoms with Crippen molar-refractivity contribution in [2.24, 2.45) is 0 Å². The van der Waals surface area contributed by atoms with Crippen LogP contribution in [0.25, 0.3) is 11.3 Å². The third kappa shape index (κ3) is 4.17. The largest absolute Gasteiger partial charge is 0.496 e. The van der Waals surface area contributed by atoms with Gasteiger partial charge in [0.15, 0.2) is 0 Å². The van der Waals surface area contributed by atoms with Crippen LogP contribution in [-0.4, -0.2) is 35.1 Å². The highest BCUT2D eigenvalue weighted by molar-refractivity contribution is 5.67. The van der Waals surface area contributed by atoms with E-state index in [0.717, 1.165) is 36.6 Å². The topological polar surface area (TPSA) is 38.2 Å². The monoisotopic (exact) mass is 359 g/mol. The molecule has 0 bridgehead atoms. The Labute approximate surface area is 160 Å². The van der Waals surface area contributed by atoms with Gasteiger partial charge in [-0.3, -0.25) is 14.9 Å². The fourth-order valence-corrected chi connectivity index (χ4v) is 3.87. The molecule has 1 unspecified atom stereocenters. The third-order valence-electron chi connectivity index (χ3n) is 5.23. The van der Waals surface area contributed by atoms with E-state index in [1.165, 1.54) is 24.1 Å². The number of ether oxygens (including phenoxy) is 1. The molecule has 0 spiro atoms. The minimum Gasteiger partial charge on any atom is -0.496 e. The standard InChI is InChI=1S/C23H25N3O/c1-27-23-10-3-2-7-20(23)22-9-4-8-21(25-22)19-6-5-15-26(17-19)16-18-11-13-24-14-12-18/h2-4,7-14,19H,5-6,15-17H2,1H3. The summed E-state index contributed by atoms with van der Waals surface area (Å²) in [5, 5.41) is 0. The molecule has 4 rings (SSSR count). The second-order valence-electron chi connectivity index (χ2n) is 7.08. The minimum absolute atomic E-state index is 0.468. The lowest BCUT2D eigenvalue weighted by atomic mass is 9.93. The first-order valence-corrected chi connectivity index (χ1v) is 9.55. The number of benzene rings is 1. The molecule has 27 heavy (non-hydrogen) atoms. The molecule has 0 aliphatic carbocycles. The third-order valence-corrected chi connectivity index (χ3v) is 5.23. The average Bonchev–Trinajstić information content (AvgIpc) is 2.75. The van der Waals surface area contributed by atoms with Gasteiger partial charge in [-0.2, -0.15) is 0 Å². The first-order valence-electron chi connectivity index (χ1n) is 9.55. The maximum atomic E-state index is 5.52. The maximum absolute atomic E-state index is 5.52. The van der Waals surface area contributed by atoms with E-state index >= 15 is 0 Å². The minimum atomic E-state index is 0.468. The van der Waals surface area contributed by atoms with E-state index in [9.17, 15) is 0 Å². The van der Waals surface area contributed by atoms with Crippen LogP contribution in [-0.2, 0) is 6.54 Å². The molecule has 0 radical (unpaired) electrons. The summed E-state index contributed by atoms with van der Waals surface area (Å²) in [5.74, 6) is 1.33. The molecule has 138 valence electrons. The van der Waals surface area contributed by atoms with E-state index < -0.39 is 0 Å². The zero-order valence-electron chi connectivity index (χ0n) is 15.7. The molecule has 4 nitrogen and oxygen atoms in total. The quantitative estimate of drug-likeness (QED) is 0.671. The number of para-hydroxylation sites is 1. The van der Waals surface area contributed by atoms with Crippen molar-refractivity contribution in [3.05, 3.63) is 78.2 Å². The molecule has 4 heteroatoms. The van der Waals surface area contributed by atoms with Crippen LogP contribution >= 0.6 is 0 Å². The number of likely N-dealkylation sites (tertiary alicyclic amines) is 1. The highest BCUT2D eigenvalue weighted by atomic mass is 16.5. The summed E-state index contributed by atoms with van der Waals surface area (Å²) in [7, 11) is 1.71. The maximum Gasteiger partial charge on any atom is 0.128 e. The Balaban J connectivity index is 1.53. The normalized spacial score (nSPS) is 17.6. The Morgan fingerprint density at radius 3 is 2.74 bits per heavy atom. The summed E-state index contributed by atoms with van der Waals surface area (Å²) >= 11 is 0. The Morgan fingerprint density at radius 2 is 1.89 bits per heavy atom. The molecular weight excluding hydrogens is 334 g/mol. The second kappa shape index (κ2) is 8.31. The summed E-state index contributed by atoms with van der Waals surface area (Å²) in [6, 6.07) is 18.6. The number of piperidine rings is 1. The van der Waals surface area contributed by atoms with Gasteiger partial charge in [-0.1, -0.05) is 18.2 Å². The average molecular weight is 359 g/mol. The van der Waals surface area contributed by atoms with Crippen LogP contribution in [0.15, 0.2) is 67.0 Å². The smallest absolute Gasteiger partial charge is 0.128 e. The molecule has 1 fully saturated rings. The van der Waals surface area contributed by atoms with Crippen molar-refractivity contribution >= 4 is 0 Å². The number of rotatable bonds is 5. The van der Waals surface area contributed by atoms with Crippen molar-refractivity contribution < 1.29 is 4.74 Å². The van der Waals surface area contributed by atoms with E-state index in [-0.39, 0.29) is 0 Å². The molecule has 1 aromatic carbocycles. The van der Waals surface area contributed by atoms with Crippen LogP contribution in [0, 0.1) is 0 Å². The molecule has 0 amide bonds. The van der Waals surface area contributed by atoms with Gasteiger partial charge in [-0.25, -0.2) is 0 Å². The zero-order chi connectivity index (χ0) is 18.5. The van der Waals surface area contributed by atoms with E-state index in [1.807, 2.05) is 30.6 Å². The number of hydrogen-bond acceptors (Lipinski definition) is 4. The Morgan fingerprint density at radius 1 is 1.04 bits per heavy atom. The SMILES string of the molecule is COc1ccccc1-c1cccc(C2CCCN(Cc3ccncc3)C2)n1. The van der Waals surface area contributed by atoms with Gasteiger partial charge in [-0.05, 0) is 61.3 Å². The molecular formula is C23H25N3O. The van der Waals surface area contributed by atoms with Gasteiger partial charge in [0.25, 0.3) is 0 Å². The predicted molar refractivity (Wildman–Crippen MR) is 108 cm³/mol. The number of pyridine rings is 2. The van der Waals surface area contributed by atoms with Gasteiger partial charge < -0.3 is 4.74 Å². The molecule has 1 aliphatic heterocycles. The lowest BCUT2D eigenvalue weighted by molar-refractivity contribution is 0.198. The van der Waals surface area contributed by atoms with Crippen molar-refractivity contribution in [2.75, 3.05) is 20.2 Å². The van der Waals surface area contributed by atoms with Gasteiger partial charge in [0.1, 0.15) is 5.75 Å². The van der Waals surface area contributed by atoms with Gasteiger partial charge >= 0.3 is 0 Å². The van der Waals surface area contributed by atoms with Crippen LogP contribution in [0.5, 0.6) is 5.75 Å².